The van der Waals surface area contributed by atoms with E-state index in [0.717, 1.165) is 31.5 Å². The molecule has 2 atom stereocenters. The molecule has 1 aromatic rings. The lowest BCUT2D eigenvalue weighted by Crippen LogP contribution is -2.37. The van der Waals surface area contributed by atoms with E-state index in [1.807, 2.05) is 0 Å². The first kappa shape index (κ1) is 13.0. The molecule has 1 heterocycles. The van der Waals surface area contributed by atoms with Crippen LogP contribution in [0.25, 0.3) is 0 Å². The third-order valence-electron chi connectivity index (χ3n) is 3.31. The fraction of sp³-hybridized carbons (Fsp3) is 0.538. The van der Waals surface area contributed by atoms with E-state index in [4.69, 9.17) is 0 Å². The number of nitrogens with one attached hydrogen (secondary N) is 1. The van der Waals surface area contributed by atoms with Crippen LogP contribution >= 0.6 is 15.9 Å². The van der Waals surface area contributed by atoms with Crippen LogP contribution in [0.2, 0.25) is 0 Å². The van der Waals surface area contributed by atoms with Gasteiger partial charge in [-0.15, -0.1) is 0 Å². The Hall–Kier alpha value is -0.450. The molecule has 0 aliphatic carbocycles. The van der Waals surface area contributed by atoms with Crippen LogP contribution < -0.4 is 5.32 Å². The number of halogens is 2. The smallest absolute Gasteiger partial charge is 0.137 e. The number of piperidine rings is 1. The highest BCUT2D eigenvalue weighted by Gasteiger charge is 2.21. The molecule has 0 radical (unpaired) electrons. The topological polar surface area (TPSA) is 32.3 Å². The summed E-state index contributed by atoms with van der Waals surface area (Å²) in [4.78, 5) is 0. The van der Waals surface area contributed by atoms with Crippen LogP contribution in [0.5, 0.6) is 0 Å². The summed E-state index contributed by atoms with van der Waals surface area (Å²) in [6.45, 7) is 1.93. The third-order valence-corrected chi connectivity index (χ3v) is 3.92. The SMILES string of the molecule is OC(Cc1ccc(F)c(Br)c1)C1CCCNC1. The van der Waals surface area contributed by atoms with Gasteiger partial charge in [0.1, 0.15) is 5.82 Å². The second kappa shape index (κ2) is 5.94. The van der Waals surface area contributed by atoms with E-state index in [0.29, 0.717) is 16.8 Å². The second-order valence-corrected chi connectivity index (χ2v) is 5.48. The Bertz CT molecular complexity index is 380. The van der Waals surface area contributed by atoms with Gasteiger partial charge in [0.25, 0.3) is 0 Å². The van der Waals surface area contributed by atoms with Crippen molar-refractivity contribution in [3.63, 3.8) is 0 Å². The molecule has 0 bridgehead atoms. The van der Waals surface area contributed by atoms with E-state index in [9.17, 15) is 9.50 Å². The molecular formula is C13H17BrFNO. The van der Waals surface area contributed by atoms with Crippen LogP contribution in [-0.2, 0) is 6.42 Å². The monoisotopic (exact) mass is 301 g/mol. The Labute approximate surface area is 109 Å². The van der Waals surface area contributed by atoms with Crippen LogP contribution in [0, 0.1) is 11.7 Å². The first-order valence-electron chi connectivity index (χ1n) is 5.99. The zero-order chi connectivity index (χ0) is 12.3. The highest BCUT2D eigenvalue weighted by molar-refractivity contribution is 9.10. The van der Waals surface area contributed by atoms with Crippen LogP contribution in [0.3, 0.4) is 0 Å². The lowest BCUT2D eigenvalue weighted by molar-refractivity contribution is 0.0922. The van der Waals surface area contributed by atoms with Crippen molar-refractivity contribution in [2.45, 2.75) is 25.4 Å². The van der Waals surface area contributed by atoms with Crippen LogP contribution in [0.15, 0.2) is 22.7 Å². The number of rotatable bonds is 3. The fourth-order valence-electron chi connectivity index (χ4n) is 2.28. The van der Waals surface area contributed by atoms with Crippen molar-refractivity contribution in [2.24, 2.45) is 5.92 Å². The van der Waals surface area contributed by atoms with Crippen molar-refractivity contribution in [2.75, 3.05) is 13.1 Å². The Kier molecular flexibility index (Phi) is 4.54. The van der Waals surface area contributed by atoms with E-state index in [1.54, 1.807) is 12.1 Å². The minimum absolute atomic E-state index is 0.262. The molecule has 1 aromatic carbocycles. The van der Waals surface area contributed by atoms with E-state index < -0.39 is 0 Å². The maximum absolute atomic E-state index is 13.1. The van der Waals surface area contributed by atoms with Gasteiger partial charge in [-0.2, -0.15) is 0 Å². The summed E-state index contributed by atoms with van der Waals surface area (Å²) in [6.07, 6.45) is 2.43. The quantitative estimate of drug-likeness (QED) is 0.899. The van der Waals surface area contributed by atoms with E-state index in [-0.39, 0.29) is 11.9 Å². The van der Waals surface area contributed by atoms with Gasteiger partial charge in [-0.3, -0.25) is 0 Å². The molecule has 4 heteroatoms. The van der Waals surface area contributed by atoms with Crippen molar-refractivity contribution in [1.29, 1.82) is 0 Å². The van der Waals surface area contributed by atoms with E-state index >= 15 is 0 Å². The molecule has 1 aliphatic rings. The molecule has 0 amide bonds. The fourth-order valence-corrected chi connectivity index (χ4v) is 2.71. The first-order valence-corrected chi connectivity index (χ1v) is 6.79. The molecule has 1 saturated heterocycles. The predicted octanol–water partition coefficient (Wildman–Crippen LogP) is 2.49. The largest absolute Gasteiger partial charge is 0.392 e. The number of benzene rings is 1. The third kappa shape index (κ3) is 3.50. The standard InChI is InChI=1S/C13H17BrFNO/c14-11-6-9(3-4-12(11)15)7-13(17)10-2-1-5-16-8-10/h3-4,6,10,13,16-17H,1-2,5,7-8H2. The zero-order valence-corrected chi connectivity index (χ0v) is 11.2. The molecule has 1 aliphatic heterocycles. The summed E-state index contributed by atoms with van der Waals surface area (Å²) in [5.41, 5.74) is 0.969. The van der Waals surface area contributed by atoms with Crippen molar-refractivity contribution in [1.82, 2.24) is 5.32 Å². The summed E-state index contributed by atoms with van der Waals surface area (Å²) in [5, 5.41) is 13.4. The number of aliphatic hydroxyl groups excluding tert-OH is 1. The molecule has 2 N–H and O–H groups in total. The summed E-state index contributed by atoms with van der Waals surface area (Å²) < 4.78 is 13.5. The molecule has 0 aromatic heterocycles. The van der Waals surface area contributed by atoms with Gasteiger partial charge in [-0.1, -0.05) is 6.07 Å². The maximum Gasteiger partial charge on any atom is 0.137 e. The second-order valence-electron chi connectivity index (χ2n) is 4.63. The molecule has 1 fully saturated rings. The molecule has 94 valence electrons. The Morgan fingerprint density at radius 3 is 3.00 bits per heavy atom. The predicted molar refractivity (Wildman–Crippen MR) is 69.4 cm³/mol. The molecule has 0 spiro atoms. The van der Waals surface area contributed by atoms with Crippen molar-refractivity contribution >= 4 is 15.9 Å². The highest BCUT2D eigenvalue weighted by Crippen LogP contribution is 2.21. The molecule has 0 saturated carbocycles. The van der Waals surface area contributed by atoms with Gasteiger partial charge in [-0.05, 0) is 65.4 Å². The summed E-state index contributed by atoms with van der Waals surface area (Å²) in [6, 6.07) is 4.92. The lowest BCUT2D eigenvalue weighted by Gasteiger charge is -2.27. The molecule has 2 unspecified atom stereocenters. The van der Waals surface area contributed by atoms with Gasteiger partial charge in [0.05, 0.1) is 10.6 Å². The highest BCUT2D eigenvalue weighted by atomic mass is 79.9. The van der Waals surface area contributed by atoms with Crippen molar-refractivity contribution in [3.8, 4) is 0 Å². The Balaban J connectivity index is 1.96. The lowest BCUT2D eigenvalue weighted by atomic mass is 9.90. The Morgan fingerprint density at radius 1 is 1.53 bits per heavy atom. The first-order chi connectivity index (χ1) is 8.16. The summed E-state index contributed by atoms with van der Waals surface area (Å²) in [5.74, 6) is 0.0511. The molecule has 17 heavy (non-hydrogen) atoms. The molecular weight excluding hydrogens is 285 g/mol. The summed E-state index contributed by atoms with van der Waals surface area (Å²) in [7, 11) is 0. The van der Waals surface area contributed by atoms with Crippen LogP contribution in [-0.4, -0.2) is 24.3 Å². The Morgan fingerprint density at radius 2 is 2.35 bits per heavy atom. The minimum Gasteiger partial charge on any atom is -0.392 e. The van der Waals surface area contributed by atoms with E-state index in [1.165, 1.54) is 6.07 Å². The average Bonchev–Trinajstić information content (AvgIpc) is 2.35. The van der Waals surface area contributed by atoms with Gasteiger partial charge in [0.2, 0.25) is 0 Å². The van der Waals surface area contributed by atoms with E-state index in [2.05, 4.69) is 21.2 Å². The normalized spacial score (nSPS) is 22.4. The molecule has 2 nitrogen and oxygen atoms in total. The van der Waals surface area contributed by atoms with Crippen LogP contribution in [0.1, 0.15) is 18.4 Å². The minimum atomic E-state index is -0.347. The average molecular weight is 302 g/mol. The number of hydrogen-bond donors (Lipinski definition) is 2. The van der Waals surface area contributed by atoms with Gasteiger partial charge in [-0.25, -0.2) is 4.39 Å². The number of aliphatic hydroxyl groups is 1. The van der Waals surface area contributed by atoms with Crippen molar-refractivity contribution in [3.05, 3.63) is 34.1 Å². The van der Waals surface area contributed by atoms with Crippen molar-refractivity contribution < 1.29 is 9.50 Å². The van der Waals surface area contributed by atoms with Crippen LogP contribution in [0.4, 0.5) is 4.39 Å². The maximum atomic E-state index is 13.1. The van der Waals surface area contributed by atoms with Gasteiger partial charge in [0, 0.05) is 6.54 Å². The molecule has 2 rings (SSSR count). The number of hydrogen-bond acceptors (Lipinski definition) is 2. The van der Waals surface area contributed by atoms with Gasteiger partial charge >= 0.3 is 0 Å². The zero-order valence-electron chi connectivity index (χ0n) is 9.63. The summed E-state index contributed by atoms with van der Waals surface area (Å²) >= 11 is 3.16. The van der Waals surface area contributed by atoms with Gasteiger partial charge in [0.15, 0.2) is 0 Å². The van der Waals surface area contributed by atoms with Gasteiger partial charge < -0.3 is 10.4 Å².